The largest absolute Gasteiger partial charge is 0.407 e. The molecule has 0 radical (unpaired) electrons. The summed E-state index contributed by atoms with van der Waals surface area (Å²) in [5, 5.41) is 0. The van der Waals surface area contributed by atoms with E-state index in [4.69, 9.17) is 5.73 Å². The number of hydrogen-bond acceptors (Lipinski definition) is 2. The van der Waals surface area contributed by atoms with Crippen LogP contribution in [0.15, 0.2) is 18.5 Å². The number of nitrogens with zero attached hydrogens (tertiary/aromatic N) is 1. The van der Waals surface area contributed by atoms with E-state index in [0.29, 0.717) is 6.07 Å². The Balaban J connectivity index is 2.96. The highest BCUT2D eigenvalue weighted by Crippen LogP contribution is 2.29. The summed E-state index contributed by atoms with van der Waals surface area (Å²) in [4.78, 5) is 3.26. The normalized spacial score (nSPS) is 14.2. The van der Waals surface area contributed by atoms with E-state index in [9.17, 15) is 17.6 Å². The number of alkyl halides is 3. The monoisotopic (exact) mass is 194 g/mol. The molecule has 1 unspecified atom stereocenters. The van der Waals surface area contributed by atoms with E-state index in [2.05, 4.69) is 4.98 Å². The second-order valence-corrected chi connectivity index (χ2v) is 2.46. The first kappa shape index (κ1) is 9.91. The molecule has 2 N–H and O–H groups in total. The zero-order valence-electron chi connectivity index (χ0n) is 6.35. The third kappa shape index (κ3) is 2.38. The fraction of sp³-hybridized carbons (Fsp3) is 0.286. The number of hydrogen-bond donors (Lipinski definition) is 1. The Hall–Kier alpha value is -1.17. The topological polar surface area (TPSA) is 38.9 Å². The van der Waals surface area contributed by atoms with Crippen molar-refractivity contribution in [3.8, 4) is 0 Å². The van der Waals surface area contributed by atoms with Crippen molar-refractivity contribution in [1.82, 2.24) is 4.98 Å². The zero-order valence-corrected chi connectivity index (χ0v) is 6.35. The molecule has 0 aromatic carbocycles. The lowest BCUT2D eigenvalue weighted by molar-refractivity contribution is -0.149. The molecule has 1 aromatic rings. The van der Waals surface area contributed by atoms with Crippen molar-refractivity contribution in [2.24, 2.45) is 5.73 Å². The molecule has 0 bridgehead atoms. The SMILES string of the molecule is NC(c1cncc(F)c1)C(F)(F)F. The Labute approximate surface area is 71.4 Å². The Morgan fingerprint density at radius 2 is 1.92 bits per heavy atom. The molecule has 0 aliphatic carbocycles. The summed E-state index contributed by atoms with van der Waals surface area (Å²) in [6, 6.07) is -1.47. The van der Waals surface area contributed by atoms with Gasteiger partial charge in [0.25, 0.3) is 0 Å². The third-order valence-corrected chi connectivity index (χ3v) is 1.44. The van der Waals surface area contributed by atoms with Gasteiger partial charge in [-0.3, -0.25) is 4.98 Å². The molecule has 13 heavy (non-hydrogen) atoms. The molecule has 1 rings (SSSR count). The van der Waals surface area contributed by atoms with E-state index in [1.54, 1.807) is 0 Å². The first-order valence-electron chi connectivity index (χ1n) is 3.34. The Kier molecular flexibility index (Phi) is 2.51. The maximum atomic E-state index is 12.4. The van der Waals surface area contributed by atoms with Crippen molar-refractivity contribution >= 4 is 0 Å². The number of nitrogens with two attached hydrogens (primary N) is 1. The van der Waals surface area contributed by atoms with Gasteiger partial charge in [-0.1, -0.05) is 0 Å². The Bertz CT molecular complexity index is 297. The molecule has 1 aromatic heterocycles. The lowest BCUT2D eigenvalue weighted by atomic mass is 10.1. The smallest absolute Gasteiger partial charge is 0.316 e. The second kappa shape index (κ2) is 3.29. The van der Waals surface area contributed by atoms with Crippen molar-refractivity contribution in [3.05, 3.63) is 29.8 Å². The van der Waals surface area contributed by atoms with Gasteiger partial charge in [0.1, 0.15) is 11.9 Å². The summed E-state index contributed by atoms with van der Waals surface area (Å²) >= 11 is 0. The quantitative estimate of drug-likeness (QED) is 0.692. The summed E-state index contributed by atoms with van der Waals surface area (Å²) in [6.07, 6.45) is -2.87. The Morgan fingerprint density at radius 1 is 1.31 bits per heavy atom. The summed E-state index contributed by atoms with van der Waals surface area (Å²) in [5.74, 6) is -0.836. The molecule has 1 heterocycles. The number of aromatic nitrogens is 1. The standard InChI is InChI=1S/C7H6F4N2/c8-5-1-4(2-13-3-5)6(12)7(9,10)11/h1-3,6H,12H2. The van der Waals surface area contributed by atoms with Crippen molar-refractivity contribution < 1.29 is 17.6 Å². The number of rotatable bonds is 1. The molecule has 0 amide bonds. The van der Waals surface area contributed by atoms with Gasteiger partial charge in [-0.2, -0.15) is 13.2 Å². The van der Waals surface area contributed by atoms with Crippen molar-refractivity contribution in [2.45, 2.75) is 12.2 Å². The van der Waals surface area contributed by atoms with Crippen LogP contribution < -0.4 is 5.73 Å². The van der Waals surface area contributed by atoms with Crippen LogP contribution in [0.25, 0.3) is 0 Å². The van der Waals surface area contributed by atoms with E-state index in [-0.39, 0.29) is 5.56 Å². The molecule has 0 aliphatic heterocycles. The maximum Gasteiger partial charge on any atom is 0.407 e. The minimum atomic E-state index is -4.57. The fourth-order valence-electron chi connectivity index (χ4n) is 0.787. The number of halogens is 4. The average Bonchev–Trinajstić information content (AvgIpc) is 2.01. The van der Waals surface area contributed by atoms with Gasteiger partial charge in [0, 0.05) is 6.20 Å². The molecule has 0 saturated heterocycles. The molecular formula is C7H6F4N2. The molecule has 0 spiro atoms. The van der Waals surface area contributed by atoms with Gasteiger partial charge >= 0.3 is 6.18 Å². The third-order valence-electron chi connectivity index (χ3n) is 1.44. The van der Waals surface area contributed by atoms with Crippen LogP contribution in [-0.2, 0) is 0 Å². The highest BCUT2D eigenvalue weighted by atomic mass is 19.4. The van der Waals surface area contributed by atoms with Gasteiger partial charge in [0.15, 0.2) is 0 Å². The number of pyridine rings is 1. The van der Waals surface area contributed by atoms with Crippen LogP contribution in [0.3, 0.4) is 0 Å². The molecule has 0 fully saturated rings. The van der Waals surface area contributed by atoms with Crippen LogP contribution in [0.5, 0.6) is 0 Å². The highest BCUT2D eigenvalue weighted by molar-refractivity contribution is 5.16. The predicted octanol–water partition coefficient (Wildman–Crippen LogP) is 1.78. The summed E-state index contributed by atoms with van der Waals surface area (Å²) in [7, 11) is 0. The van der Waals surface area contributed by atoms with E-state index >= 15 is 0 Å². The van der Waals surface area contributed by atoms with E-state index in [0.717, 1.165) is 12.4 Å². The van der Waals surface area contributed by atoms with Gasteiger partial charge in [-0.05, 0) is 11.6 Å². The van der Waals surface area contributed by atoms with Gasteiger partial charge in [-0.15, -0.1) is 0 Å². The molecule has 1 atom stereocenters. The predicted molar refractivity (Wildman–Crippen MR) is 37.2 cm³/mol. The molecule has 2 nitrogen and oxygen atoms in total. The second-order valence-electron chi connectivity index (χ2n) is 2.46. The minimum absolute atomic E-state index is 0.382. The molecule has 6 heteroatoms. The first-order chi connectivity index (χ1) is 5.91. The van der Waals surface area contributed by atoms with Gasteiger partial charge < -0.3 is 5.73 Å². The molecule has 0 aliphatic rings. The average molecular weight is 194 g/mol. The minimum Gasteiger partial charge on any atom is -0.316 e. The molecule has 72 valence electrons. The van der Waals surface area contributed by atoms with Crippen LogP contribution in [0.1, 0.15) is 11.6 Å². The van der Waals surface area contributed by atoms with Gasteiger partial charge in [0.2, 0.25) is 0 Å². The van der Waals surface area contributed by atoms with Crippen LogP contribution in [0.2, 0.25) is 0 Å². The van der Waals surface area contributed by atoms with Gasteiger partial charge in [-0.25, -0.2) is 4.39 Å². The van der Waals surface area contributed by atoms with E-state index in [1.165, 1.54) is 0 Å². The van der Waals surface area contributed by atoms with Crippen molar-refractivity contribution in [2.75, 3.05) is 0 Å². The van der Waals surface area contributed by atoms with Crippen LogP contribution in [-0.4, -0.2) is 11.2 Å². The molecule has 0 saturated carbocycles. The van der Waals surface area contributed by atoms with Crippen LogP contribution in [0.4, 0.5) is 17.6 Å². The lowest BCUT2D eigenvalue weighted by Gasteiger charge is -2.14. The lowest BCUT2D eigenvalue weighted by Crippen LogP contribution is -2.28. The highest BCUT2D eigenvalue weighted by Gasteiger charge is 2.38. The summed E-state index contributed by atoms with van der Waals surface area (Å²) in [6.45, 7) is 0. The fourth-order valence-corrected chi connectivity index (χ4v) is 0.787. The first-order valence-corrected chi connectivity index (χ1v) is 3.34. The summed E-state index contributed by atoms with van der Waals surface area (Å²) < 4.78 is 48.4. The molecular weight excluding hydrogens is 188 g/mol. The van der Waals surface area contributed by atoms with Crippen LogP contribution >= 0.6 is 0 Å². The maximum absolute atomic E-state index is 12.4. The zero-order chi connectivity index (χ0) is 10.1. The van der Waals surface area contributed by atoms with Crippen LogP contribution in [0, 0.1) is 5.82 Å². The van der Waals surface area contributed by atoms with Crippen molar-refractivity contribution in [1.29, 1.82) is 0 Å². The van der Waals surface area contributed by atoms with Gasteiger partial charge in [0.05, 0.1) is 6.20 Å². The van der Waals surface area contributed by atoms with E-state index < -0.39 is 18.0 Å². The summed E-state index contributed by atoms with van der Waals surface area (Å²) in [5.41, 5.74) is 4.43. The van der Waals surface area contributed by atoms with Crippen molar-refractivity contribution in [3.63, 3.8) is 0 Å². The van der Waals surface area contributed by atoms with E-state index in [1.807, 2.05) is 0 Å². The Morgan fingerprint density at radius 3 is 2.38 bits per heavy atom.